The first kappa shape index (κ1) is 32.2. The maximum Gasteiger partial charge on any atom is 0.232 e. The third-order valence-electron chi connectivity index (χ3n) is 4.83. The number of hydrogen-bond acceptors (Lipinski definition) is 6. The average Bonchev–Trinajstić information content (AvgIpc) is 2.99. The Morgan fingerprint density at radius 1 is 1.19 bits per heavy atom. The molecule has 1 fully saturated rings. The molecule has 188 valence electrons. The predicted octanol–water partition coefficient (Wildman–Crippen LogP) is 1.87. The van der Waals surface area contributed by atoms with Crippen LogP contribution in [0.1, 0.15) is 73.6 Å². The lowest BCUT2D eigenvalue weighted by atomic mass is 9.89. The Balaban J connectivity index is 0. The average molecular weight is 460 g/mol. The summed E-state index contributed by atoms with van der Waals surface area (Å²) in [6.07, 6.45) is 2.93. The molecule has 1 aliphatic rings. The molecule has 32 heavy (non-hydrogen) atoms. The molecule has 0 aliphatic carbocycles. The van der Waals surface area contributed by atoms with Gasteiger partial charge >= 0.3 is 0 Å². The minimum Gasteiger partial charge on any atom is -0.396 e. The van der Waals surface area contributed by atoms with Crippen LogP contribution in [0.15, 0.2) is 0 Å². The first-order valence-electron chi connectivity index (χ1n) is 11.6. The number of carbonyl (C=O) groups is 4. The number of likely N-dealkylation sites (tertiary alicyclic amines) is 1. The summed E-state index contributed by atoms with van der Waals surface area (Å²) < 4.78 is 4.80. The second-order valence-electron chi connectivity index (χ2n) is 8.05. The van der Waals surface area contributed by atoms with Crippen molar-refractivity contribution in [2.24, 2.45) is 11.3 Å². The highest BCUT2D eigenvalue weighted by atomic mass is 16.5. The van der Waals surface area contributed by atoms with Crippen LogP contribution in [0.4, 0.5) is 0 Å². The molecule has 1 atom stereocenters. The van der Waals surface area contributed by atoms with E-state index in [2.05, 4.69) is 17.6 Å². The van der Waals surface area contributed by atoms with Gasteiger partial charge in [0.2, 0.25) is 23.6 Å². The van der Waals surface area contributed by atoms with Gasteiger partial charge in [0.25, 0.3) is 0 Å². The van der Waals surface area contributed by atoms with Gasteiger partial charge < -0.3 is 20.5 Å². The molecule has 0 spiro atoms. The van der Waals surface area contributed by atoms with Gasteiger partial charge in [0, 0.05) is 57.5 Å². The van der Waals surface area contributed by atoms with Crippen molar-refractivity contribution in [3.63, 3.8) is 0 Å². The lowest BCUT2D eigenvalue weighted by Gasteiger charge is -2.22. The number of unbranched alkanes of at least 4 members (excludes halogenated alkanes) is 1. The molecule has 0 aromatic heterocycles. The van der Waals surface area contributed by atoms with Crippen molar-refractivity contribution in [1.82, 2.24) is 15.5 Å². The molecule has 3 N–H and O–H groups in total. The summed E-state index contributed by atoms with van der Waals surface area (Å²) >= 11 is 0. The van der Waals surface area contributed by atoms with E-state index >= 15 is 0 Å². The van der Waals surface area contributed by atoms with E-state index in [1.54, 1.807) is 14.0 Å². The molecule has 0 radical (unpaired) electrons. The minimum absolute atomic E-state index is 0.0324. The van der Waals surface area contributed by atoms with E-state index in [0.29, 0.717) is 26.1 Å². The number of methoxy groups -OCH3 is 1. The van der Waals surface area contributed by atoms with Crippen LogP contribution in [0, 0.1) is 11.3 Å². The zero-order valence-electron chi connectivity index (χ0n) is 21.1. The molecule has 0 saturated carbocycles. The Hall–Kier alpha value is -2.00. The van der Waals surface area contributed by atoms with Gasteiger partial charge in [-0.1, -0.05) is 48.0 Å². The number of imide groups is 1. The topological polar surface area (TPSA) is 125 Å². The molecule has 9 heteroatoms. The van der Waals surface area contributed by atoms with E-state index < -0.39 is 5.41 Å². The maximum absolute atomic E-state index is 11.6. The molecule has 0 bridgehead atoms. The number of nitrogens with one attached hydrogen (secondary N) is 2. The van der Waals surface area contributed by atoms with Crippen molar-refractivity contribution in [3.05, 3.63) is 0 Å². The van der Waals surface area contributed by atoms with Crippen LogP contribution in [0.3, 0.4) is 0 Å². The predicted molar refractivity (Wildman–Crippen MR) is 125 cm³/mol. The molecular weight excluding hydrogens is 414 g/mol. The highest BCUT2D eigenvalue weighted by Crippen LogP contribution is 2.19. The number of amides is 4. The number of aliphatic hydroxyl groups is 1. The van der Waals surface area contributed by atoms with Gasteiger partial charge in [-0.15, -0.1) is 0 Å². The van der Waals surface area contributed by atoms with Gasteiger partial charge in [-0.3, -0.25) is 24.1 Å². The monoisotopic (exact) mass is 459 g/mol. The highest BCUT2D eigenvalue weighted by molar-refractivity contribution is 6.03. The van der Waals surface area contributed by atoms with Crippen molar-refractivity contribution in [2.75, 3.05) is 40.0 Å². The summed E-state index contributed by atoms with van der Waals surface area (Å²) in [5, 5.41) is 14.2. The van der Waals surface area contributed by atoms with Crippen molar-refractivity contribution in [3.8, 4) is 0 Å². The summed E-state index contributed by atoms with van der Waals surface area (Å²) in [4.78, 5) is 47.1. The normalized spacial score (nSPS) is 15.4. The molecular formula is C23H45N3O6. The van der Waals surface area contributed by atoms with E-state index in [4.69, 9.17) is 9.84 Å². The van der Waals surface area contributed by atoms with Crippen molar-refractivity contribution in [2.45, 2.75) is 73.6 Å². The zero-order valence-corrected chi connectivity index (χ0v) is 21.1. The molecule has 9 nitrogen and oxygen atoms in total. The van der Waals surface area contributed by atoms with Crippen molar-refractivity contribution >= 4 is 23.6 Å². The van der Waals surface area contributed by atoms with E-state index in [-0.39, 0.29) is 55.5 Å². The van der Waals surface area contributed by atoms with Crippen LogP contribution < -0.4 is 10.6 Å². The first-order chi connectivity index (χ1) is 15.1. The maximum atomic E-state index is 11.6. The fourth-order valence-corrected chi connectivity index (χ4v) is 2.69. The Bertz CT molecular complexity index is 566. The number of carbonyl (C=O) groups excluding carboxylic acids is 4. The van der Waals surface area contributed by atoms with E-state index in [1.807, 2.05) is 27.7 Å². The van der Waals surface area contributed by atoms with Gasteiger partial charge in [-0.05, 0) is 12.8 Å². The van der Waals surface area contributed by atoms with E-state index in [0.717, 1.165) is 12.8 Å². The zero-order chi connectivity index (χ0) is 25.2. The molecule has 4 amide bonds. The minimum atomic E-state index is -0.498. The number of nitrogens with zero attached hydrogens (tertiary/aromatic N) is 1. The molecule has 1 rings (SSSR count). The lowest BCUT2D eigenvalue weighted by Crippen LogP contribution is -2.39. The van der Waals surface area contributed by atoms with Gasteiger partial charge in [-0.2, -0.15) is 0 Å². The van der Waals surface area contributed by atoms with Gasteiger partial charge in [0.05, 0.1) is 6.61 Å². The Morgan fingerprint density at radius 3 is 2.28 bits per heavy atom. The lowest BCUT2D eigenvalue weighted by molar-refractivity contribution is -0.139. The standard InChI is InChI=1S/C12H20N2O3.C9H19NO3.C2H6/c1-3-4-6-13-10(15)5-7-14-11(16)8-9(2)12(14)17;1-9(2,4-6-11)8(12)10-5-7-13-3;1-2/h9H,3-8H2,1-2H3,(H,13,15);11H,4-7H2,1-3H3,(H,10,12);1-2H3. The molecule has 1 saturated heterocycles. The molecule has 1 aliphatic heterocycles. The summed E-state index contributed by atoms with van der Waals surface area (Å²) in [6.45, 7) is 13.3. The van der Waals surface area contributed by atoms with Crippen LogP contribution in [-0.4, -0.2) is 73.6 Å². The SMILES string of the molecule is CC.CCCCNC(=O)CCN1C(=O)CC(C)C1=O.COCCNC(=O)C(C)(C)CCO. The summed E-state index contributed by atoms with van der Waals surface area (Å²) in [6, 6.07) is 0. The molecule has 0 aromatic carbocycles. The number of aliphatic hydroxyl groups excluding tert-OH is 1. The number of ether oxygens (including phenoxy) is 1. The fourth-order valence-electron chi connectivity index (χ4n) is 2.69. The van der Waals surface area contributed by atoms with Gasteiger partial charge in [0.15, 0.2) is 0 Å². The highest BCUT2D eigenvalue weighted by Gasteiger charge is 2.35. The fraction of sp³-hybridized carbons (Fsp3) is 0.826. The number of hydrogen-bond donors (Lipinski definition) is 3. The van der Waals surface area contributed by atoms with E-state index in [1.165, 1.54) is 4.90 Å². The smallest absolute Gasteiger partial charge is 0.232 e. The molecule has 1 heterocycles. The summed E-state index contributed by atoms with van der Waals surface area (Å²) in [7, 11) is 1.59. The van der Waals surface area contributed by atoms with Crippen molar-refractivity contribution in [1.29, 1.82) is 0 Å². The summed E-state index contributed by atoms with van der Waals surface area (Å²) in [5.74, 6) is -0.692. The van der Waals surface area contributed by atoms with Gasteiger partial charge in [-0.25, -0.2) is 0 Å². The van der Waals surface area contributed by atoms with E-state index in [9.17, 15) is 19.2 Å². The van der Waals surface area contributed by atoms with Crippen LogP contribution in [0.25, 0.3) is 0 Å². The summed E-state index contributed by atoms with van der Waals surface area (Å²) in [5.41, 5.74) is -0.498. The second kappa shape index (κ2) is 18.6. The van der Waals surface area contributed by atoms with Crippen LogP contribution in [0.2, 0.25) is 0 Å². The van der Waals surface area contributed by atoms with Gasteiger partial charge in [0.1, 0.15) is 0 Å². The van der Waals surface area contributed by atoms with Crippen LogP contribution in [-0.2, 0) is 23.9 Å². The second-order valence-corrected chi connectivity index (χ2v) is 8.05. The van der Waals surface area contributed by atoms with Crippen LogP contribution >= 0.6 is 0 Å². The first-order valence-corrected chi connectivity index (χ1v) is 11.6. The third kappa shape index (κ3) is 13.4. The Labute approximate surface area is 193 Å². The van der Waals surface area contributed by atoms with Crippen molar-refractivity contribution < 1.29 is 29.0 Å². The quantitative estimate of drug-likeness (QED) is 0.302. The Kier molecular flexibility index (Phi) is 18.7. The van der Waals surface area contributed by atoms with Crippen LogP contribution in [0.5, 0.6) is 0 Å². The number of rotatable bonds is 12. The largest absolute Gasteiger partial charge is 0.396 e. The molecule has 0 aromatic rings. The molecule has 1 unspecified atom stereocenters. The third-order valence-corrected chi connectivity index (χ3v) is 4.83. The Morgan fingerprint density at radius 2 is 1.81 bits per heavy atom.